The third-order valence-corrected chi connectivity index (χ3v) is 4.78. The second-order valence-electron chi connectivity index (χ2n) is 6.94. The van der Waals surface area contributed by atoms with Crippen molar-refractivity contribution in [3.05, 3.63) is 90.0 Å². The van der Waals surface area contributed by atoms with Crippen LogP contribution >= 0.6 is 0 Å². The average molecular weight is 399 g/mol. The van der Waals surface area contributed by atoms with Crippen LogP contribution in [-0.2, 0) is 16.1 Å². The highest BCUT2D eigenvalue weighted by Crippen LogP contribution is 2.24. The van der Waals surface area contributed by atoms with Gasteiger partial charge in [-0.1, -0.05) is 48.5 Å². The van der Waals surface area contributed by atoms with Crippen LogP contribution in [0.5, 0.6) is 0 Å². The molecule has 0 aromatic heterocycles. The first kappa shape index (κ1) is 21.1. The minimum atomic E-state index is -0.360. The van der Waals surface area contributed by atoms with Gasteiger partial charge in [0.2, 0.25) is 0 Å². The zero-order valence-electron chi connectivity index (χ0n) is 17.6. The summed E-state index contributed by atoms with van der Waals surface area (Å²) in [5, 5.41) is 0. The van der Waals surface area contributed by atoms with Crippen LogP contribution in [0.25, 0.3) is 17.2 Å². The Balaban J connectivity index is 1.68. The zero-order valence-corrected chi connectivity index (χ0v) is 17.6. The van der Waals surface area contributed by atoms with Crippen LogP contribution in [-0.4, -0.2) is 26.3 Å². The van der Waals surface area contributed by atoms with E-state index in [-0.39, 0.29) is 5.97 Å². The molecule has 0 bridgehead atoms. The van der Waals surface area contributed by atoms with Crippen LogP contribution in [0.15, 0.2) is 83.9 Å². The zero-order chi connectivity index (χ0) is 21.3. The monoisotopic (exact) mass is 398 g/mol. The molecule has 4 nitrogen and oxygen atoms in total. The van der Waals surface area contributed by atoms with Gasteiger partial charge in [-0.2, -0.15) is 0 Å². The van der Waals surface area contributed by atoms with E-state index < -0.39 is 0 Å². The highest BCUT2D eigenvalue weighted by molar-refractivity contribution is 5.87. The summed E-state index contributed by atoms with van der Waals surface area (Å²) in [6.45, 7) is 2.70. The second kappa shape index (κ2) is 10.2. The third kappa shape index (κ3) is 5.67. The highest BCUT2D eigenvalue weighted by Gasteiger charge is 2.04. The van der Waals surface area contributed by atoms with Crippen molar-refractivity contribution >= 4 is 29.6 Å². The van der Waals surface area contributed by atoms with Crippen molar-refractivity contribution in [2.45, 2.75) is 13.5 Å². The largest absolute Gasteiger partial charge is 0.466 e. The summed E-state index contributed by atoms with van der Waals surface area (Å²) in [6, 6.07) is 24.9. The normalized spacial score (nSPS) is 11.2. The smallest absolute Gasteiger partial charge is 0.330 e. The SMILES string of the molecule is CC=Nc1ccc(-c2ccc(CN(C)c3cccc(/C=C/C(=O)OC)c3)cc2)cc1. The molecule has 3 aromatic rings. The van der Waals surface area contributed by atoms with Gasteiger partial charge in [0.15, 0.2) is 0 Å². The average Bonchev–Trinajstić information content (AvgIpc) is 2.79. The fraction of sp³-hybridized carbons (Fsp3) is 0.154. The van der Waals surface area contributed by atoms with Gasteiger partial charge in [-0.25, -0.2) is 4.79 Å². The molecule has 0 N–H and O–H groups in total. The first-order valence-corrected chi connectivity index (χ1v) is 9.84. The molecule has 0 saturated carbocycles. The minimum Gasteiger partial charge on any atom is -0.466 e. The second-order valence-corrected chi connectivity index (χ2v) is 6.94. The summed E-state index contributed by atoms with van der Waals surface area (Å²) in [6.07, 6.45) is 4.99. The van der Waals surface area contributed by atoms with Crippen LogP contribution in [0.2, 0.25) is 0 Å². The summed E-state index contributed by atoms with van der Waals surface area (Å²) in [4.78, 5) is 17.8. The van der Waals surface area contributed by atoms with Crippen LogP contribution < -0.4 is 4.90 Å². The number of ether oxygens (including phenoxy) is 1. The number of esters is 1. The van der Waals surface area contributed by atoms with Gasteiger partial charge >= 0.3 is 5.97 Å². The van der Waals surface area contributed by atoms with Crippen molar-refractivity contribution < 1.29 is 9.53 Å². The Kier molecular flexibility index (Phi) is 7.17. The van der Waals surface area contributed by atoms with E-state index in [9.17, 15) is 4.79 Å². The lowest BCUT2D eigenvalue weighted by atomic mass is 10.0. The Morgan fingerprint density at radius 3 is 2.30 bits per heavy atom. The summed E-state index contributed by atoms with van der Waals surface area (Å²) in [7, 11) is 3.43. The van der Waals surface area contributed by atoms with E-state index in [4.69, 9.17) is 0 Å². The predicted molar refractivity (Wildman–Crippen MR) is 125 cm³/mol. The van der Waals surface area contributed by atoms with Crippen LogP contribution in [0.3, 0.4) is 0 Å². The molecule has 0 aliphatic rings. The Morgan fingerprint density at radius 1 is 1.00 bits per heavy atom. The molecule has 0 saturated heterocycles. The molecule has 4 heteroatoms. The van der Waals surface area contributed by atoms with Gasteiger partial charge in [0.25, 0.3) is 0 Å². The first-order valence-electron chi connectivity index (χ1n) is 9.84. The van der Waals surface area contributed by atoms with Gasteiger partial charge in [-0.3, -0.25) is 4.99 Å². The molecule has 3 rings (SSSR count). The van der Waals surface area contributed by atoms with Gasteiger partial charge in [-0.05, 0) is 59.5 Å². The molecule has 30 heavy (non-hydrogen) atoms. The lowest BCUT2D eigenvalue weighted by Gasteiger charge is -2.20. The quantitative estimate of drug-likeness (QED) is 0.283. The van der Waals surface area contributed by atoms with Crippen LogP contribution in [0, 0.1) is 0 Å². The maximum absolute atomic E-state index is 11.3. The van der Waals surface area contributed by atoms with E-state index in [0.29, 0.717) is 0 Å². The van der Waals surface area contributed by atoms with Crippen molar-refractivity contribution in [3.63, 3.8) is 0 Å². The number of anilines is 1. The van der Waals surface area contributed by atoms with Gasteiger partial charge in [-0.15, -0.1) is 0 Å². The number of rotatable bonds is 7. The molecule has 0 aliphatic carbocycles. The van der Waals surface area contributed by atoms with Crippen molar-refractivity contribution in [1.82, 2.24) is 0 Å². The number of carbonyl (C=O) groups excluding carboxylic acids is 1. The number of hydrogen-bond acceptors (Lipinski definition) is 4. The van der Waals surface area contributed by atoms with E-state index in [1.165, 1.54) is 29.9 Å². The fourth-order valence-electron chi connectivity index (χ4n) is 3.15. The fourth-order valence-corrected chi connectivity index (χ4v) is 3.15. The van der Waals surface area contributed by atoms with Crippen molar-refractivity contribution in [2.24, 2.45) is 4.99 Å². The van der Waals surface area contributed by atoms with Crippen molar-refractivity contribution in [3.8, 4) is 11.1 Å². The highest BCUT2D eigenvalue weighted by atomic mass is 16.5. The molecule has 152 valence electrons. The lowest BCUT2D eigenvalue weighted by Crippen LogP contribution is -2.16. The molecule has 0 spiro atoms. The molecule has 3 aromatic carbocycles. The lowest BCUT2D eigenvalue weighted by molar-refractivity contribution is -0.134. The molecule has 0 fully saturated rings. The first-order chi connectivity index (χ1) is 14.6. The van der Waals surface area contributed by atoms with E-state index in [1.807, 2.05) is 37.3 Å². The number of carbonyl (C=O) groups is 1. The van der Waals surface area contributed by atoms with E-state index in [1.54, 1.807) is 12.3 Å². The summed E-state index contributed by atoms with van der Waals surface area (Å²) in [5.41, 5.74) is 6.58. The Morgan fingerprint density at radius 2 is 1.67 bits per heavy atom. The number of methoxy groups -OCH3 is 1. The summed E-state index contributed by atoms with van der Waals surface area (Å²) < 4.78 is 4.64. The van der Waals surface area contributed by atoms with Crippen LogP contribution in [0.4, 0.5) is 11.4 Å². The number of hydrogen-bond donors (Lipinski definition) is 0. The molecular weight excluding hydrogens is 372 g/mol. The Labute approximate surface area is 178 Å². The summed E-state index contributed by atoms with van der Waals surface area (Å²) in [5.74, 6) is -0.360. The Bertz CT molecular complexity index is 1040. The molecule has 0 aliphatic heterocycles. The maximum atomic E-state index is 11.3. The minimum absolute atomic E-state index is 0.360. The van der Waals surface area contributed by atoms with Crippen molar-refractivity contribution in [2.75, 3.05) is 19.1 Å². The van der Waals surface area contributed by atoms with E-state index >= 15 is 0 Å². The van der Waals surface area contributed by atoms with E-state index in [2.05, 4.69) is 64.1 Å². The topological polar surface area (TPSA) is 41.9 Å². The number of nitrogens with zero attached hydrogens (tertiary/aromatic N) is 2. The van der Waals surface area contributed by atoms with Crippen molar-refractivity contribution in [1.29, 1.82) is 0 Å². The molecule has 0 amide bonds. The number of benzene rings is 3. The van der Waals surface area contributed by atoms with Crippen LogP contribution in [0.1, 0.15) is 18.1 Å². The van der Waals surface area contributed by atoms with Gasteiger partial charge in [0.1, 0.15) is 0 Å². The standard InChI is InChI=1S/C26H26N2O2/c1-4-27-24-15-13-23(14-16-24)22-11-8-21(9-12-22)19-28(2)25-7-5-6-20(18-25)10-17-26(29)30-3/h4-18H,19H2,1-3H3/b17-10+,27-4?. The Hall–Kier alpha value is -3.66. The maximum Gasteiger partial charge on any atom is 0.330 e. The van der Waals surface area contributed by atoms with E-state index in [0.717, 1.165) is 23.5 Å². The molecule has 0 radical (unpaired) electrons. The summed E-state index contributed by atoms with van der Waals surface area (Å²) >= 11 is 0. The predicted octanol–water partition coefficient (Wildman–Crippen LogP) is 5.90. The van der Waals surface area contributed by atoms with Gasteiger partial charge < -0.3 is 9.64 Å². The molecular formula is C26H26N2O2. The third-order valence-electron chi connectivity index (χ3n) is 4.78. The van der Waals surface area contributed by atoms with Gasteiger partial charge in [0.05, 0.1) is 12.8 Å². The molecule has 0 unspecified atom stereocenters. The molecule has 0 atom stereocenters. The van der Waals surface area contributed by atoms with Gasteiger partial charge in [0, 0.05) is 31.6 Å². The number of aliphatic imine (C=N–C) groups is 1. The molecule has 0 heterocycles.